The molecule has 0 saturated heterocycles. The van der Waals surface area contributed by atoms with Gasteiger partial charge in [0.15, 0.2) is 22.4 Å². The molecule has 0 aliphatic rings. The average molecular weight is 439 g/mol. The summed E-state index contributed by atoms with van der Waals surface area (Å²) >= 11 is 1.41. The van der Waals surface area contributed by atoms with Crippen molar-refractivity contribution >= 4 is 28.2 Å². The molecule has 1 amide bonds. The summed E-state index contributed by atoms with van der Waals surface area (Å²) < 4.78 is 11.0. The number of benzene rings is 2. The van der Waals surface area contributed by atoms with E-state index in [0.717, 1.165) is 16.8 Å². The number of hydrogen-bond acceptors (Lipinski definition) is 6. The monoisotopic (exact) mass is 438 g/mol. The largest absolute Gasteiger partial charge is 0.493 e. The number of carbonyl (C=O) groups excluding carboxylic acids is 2. The molecule has 31 heavy (non-hydrogen) atoms. The predicted molar refractivity (Wildman–Crippen MR) is 123 cm³/mol. The number of hydrogen-bond donors (Lipinski definition) is 1. The number of rotatable bonds is 9. The van der Waals surface area contributed by atoms with Crippen LogP contribution in [0.3, 0.4) is 0 Å². The highest BCUT2D eigenvalue weighted by molar-refractivity contribution is 7.14. The van der Waals surface area contributed by atoms with Gasteiger partial charge in [0.1, 0.15) is 0 Å². The molecule has 1 aromatic heterocycles. The van der Waals surface area contributed by atoms with Crippen LogP contribution in [-0.4, -0.2) is 30.4 Å². The molecule has 1 N–H and O–H groups in total. The van der Waals surface area contributed by atoms with Crippen molar-refractivity contribution in [3.8, 4) is 22.8 Å². The van der Waals surface area contributed by atoms with Gasteiger partial charge in [-0.25, -0.2) is 4.98 Å². The molecule has 1 heterocycles. The zero-order valence-electron chi connectivity index (χ0n) is 18.2. The normalized spacial score (nSPS) is 10.6. The van der Waals surface area contributed by atoms with Crippen LogP contribution < -0.4 is 14.8 Å². The molecule has 2 aromatic carbocycles. The number of amides is 1. The lowest BCUT2D eigenvalue weighted by molar-refractivity contribution is -0.116. The van der Waals surface area contributed by atoms with Crippen LogP contribution in [0.2, 0.25) is 0 Å². The Labute approximate surface area is 186 Å². The summed E-state index contributed by atoms with van der Waals surface area (Å²) in [7, 11) is 1.53. The topological polar surface area (TPSA) is 77.5 Å². The molecule has 162 valence electrons. The van der Waals surface area contributed by atoms with Gasteiger partial charge in [-0.2, -0.15) is 0 Å². The molecule has 0 bridgehead atoms. The molecule has 0 saturated carbocycles. The number of anilines is 1. The SMILES string of the molecule is COc1cc(C(C)=O)ccc1OCCCC(=O)Nc1nc(-c2ccc(C)cc2C)cs1. The molecule has 0 fully saturated rings. The summed E-state index contributed by atoms with van der Waals surface area (Å²) in [5, 5.41) is 5.39. The van der Waals surface area contributed by atoms with E-state index < -0.39 is 0 Å². The van der Waals surface area contributed by atoms with E-state index in [0.29, 0.717) is 41.6 Å². The van der Waals surface area contributed by atoms with Crippen LogP contribution in [0.1, 0.15) is 41.3 Å². The predicted octanol–water partition coefficient (Wildman–Crippen LogP) is 5.44. The first kappa shape index (κ1) is 22.5. The van der Waals surface area contributed by atoms with E-state index in [9.17, 15) is 9.59 Å². The van der Waals surface area contributed by atoms with Gasteiger partial charge in [0.05, 0.1) is 19.4 Å². The number of aromatic nitrogens is 1. The molecule has 0 unspecified atom stereocenters. The number of nitrogens with one attached hydrogen (secondary N) is 1. The third-order valence-corrected chi connectivity index (χ3v) is 5.54. The lowest BCUT2D eigenvalue weighted by atomic mass is 10.0. The number of methoxy groups -OCH3 is 1. The van der Waals surface area contributed by atoms with E-state index in [1.54, 1.807) is 18.2 Å². The Balaban J connectivity index is 1.49. The van der Waals surface area contributed by atoms with E-state index in [1.165, 1.54) is 30.9 Å². The standard InChI is InChI=1S/C24H26N2O4S/c1-15-7-9-19(16(2)12-15)20-14-31-24(25-20)26-23(28)6-5-11-30-21-10-8-18(17(3)27)13-22(21)29-4/h7-10,12-14H,5-6,11H2,1-4H3,(H,25,26,28). The molecule has 0 aliphatic heterocycles. The minimum atomic E-state index is -0.107. The van der Waals surface area contributed by atoms with Gasteiger partial charge in [-0.15, -0.1) is 11.3 Å². The van der Waals surface area contributed by atoms with Gasteiger partial charge >= 0.3 is 0 Å². The van der Waals surface area contributed by atoms with Gasteiger partial charge in [0.25, 0.3) is 0 Å². The van der Waals surface area contributed by atoms with Crippen LogP contribution in [0.4, 0.5) is 5.13 Å². The van der Waals surface area contributed by atoms with Crippen molar-refractivity contribution in [1.29, 1.82) is 0 Å². The third kappa shape index (κ3) is 5.92. The maximum Gasteiger partial charge on any atom is 0.226 e. The smallest absolute Gasteiger partial charge is 0.226 e. The first-order chi connectivity index (χ1) is 14.9. The Hall–Kier alpha value is -3.19. The fourth-order valence-corrected chi connectivity index (χ4v) is 3.89. The molecule has 3 aromatic rings. The van der Waals surface area contributed by atoms with E-state index in [4.69, 9.17) is 9.47 Å². The van der Waals surface area contributed by atoms with Crippen LogP contribution in [0.15, 0.2) is 41.8 Å². The second-order valence-electron chi connectivity index (χ2n) is 7.28. The van der Waals surface area contributed by atoms with Crippen LogP contribution in [-0.2, 0) is 4.79 Å². The highest BCUT2D eigenvalue weighted by Gasteiger charge is 2.11. The molecule has 0 radical (unpaired) electrons. The molecule has 7 heteroatoms. The van der Waals surface area contributed by atoms with Crippen molar-refractivity contribution in [3.63, 3.8) is 0 Å². The maximum atomic E-state index is 12.3. The maximum absolute atomic E-state index is 12.3. The van der Waals surface area contributed by atoms with E-state index >= 15 is 0 Å². The zero-order valence-corrected chi connectivity index (χ0v) is 19.0. The summed E-state index contributed by atoms with van der Waals surface area (Å²) in [6, 6.07) is 11.3. The van der Waals surface area contributed by atoms with Crippen molar-refractivity contribution in [2.24, 2.45) is 0 Å². The van der Waals surface area contributed by atoms with Crippen molar-refractivity contribution in [1.82, 2.24) is 4.98 Å². The van der Waals surface area contributed by atoms with Gasteiger partial charge in [0, 0.05) is 22.9 Å². The van der Waals surface area contributed by atoms with Gasteiger partial charge in [0.2, 0.25) is 5.91 Å². The average Bonchev–Trinajstić information content (AvgIpc) is 3.19. The second kappa shape index (κ2) is 10.2. The fraction of sp³-hybridized carbons (Fsp3) is 0.292. The number of nitrogens with zero attached hydrogens (tertiary/aromatic N) is 1. The number of thiazole rings is 1. The minimum Gasteiger partial charge on any atom is -0.493 e. The summed E-state index contributed by atoms with van der Waals surface area (Å²) in [5.41, 5.74) is 4.86. The zero-order chi connectivity index (χ0) is 22.4. The Bertz CT molecular complexity index is 1090. The Kier molecular flexibility index (Phi) is 7.41. The molecule has 6 nitrogen and oxygen atoms in total. The Morgan fingerprint density at radius 3 is 2.61 bits per heavy atom. The van der Waals surface area contributed by atoms with Crippen LogP contribution in [0.5, 0.6) is 11.5 Å². The van der Waals surface area contributed by atoms with Crippen LogP contribution in [0.25, 0.3) is 11.3 Å². The molecule has 0 atom stereocenters. The van der Waals surface area contributed by atoms with Gasteiger partial charge < -0.3 is 14.8 Å². The first-order valence-corrected chi connectivity index (χ1v) is 10.9. The minimum absolute atomic E-state index is 0.0376. The van der Waals surface area contributed by atoms with E-state index in [-0.39, 0.29) is 11.7 Å². The van der Waals surface area contributed by atoms with Crippen molar-refractivity contribution in [2.75, 3.05) is 19.0 Å². The highest BCUT2D eigenvalue weighted by Crippen LogP contribution is 2.29. The van der Waals surface area contributed by atoms with Gasteiger partial charge in [-0.05, 0) is 51.0 Å². The number of ketones is 1. The van der Waals surface area contributed by atoms with Crippen molar-refractivity contribution < 1.29 is 19.1 Å². The fourth-order valence-electron chi connectivity index (χ4n) is 3.16. The van der Waals surface area contributed by atoms with Gasteiger partial charge in [-0.1, -0.05) is 23.8 Å². The lowest BCUT2D eigenvalue weighted by Gasteiger charge is -2.11. The van der Waals surface area contributed by atoms with E-state index in [1.807, 2.05) is 5.38 Å². The van der Waals surface area contributed by atoms with Crippen molar-refractivity contribution in [2.45, 2.75) is 33.6 Å². The third-order valence-electron chi connectivity index (χ3n) is 4.78. The summed E-state index contributed by atoms with van der Waals surface area (Å²) in [6.45, 7) is 5.98. The summed E-state index contributed by atoms with van der Waals surface area (Å²) in [5.74, 6) is 0.901. The molecule has 0 spiro atoms. The number of Topliss-reactive ketones (excluding diaryl/α,β-unsaturated/α-hetero) is 1. The Morgan fingerprint density at radius 2 is 1.90 bits per heavy atom. The Morgan fingerprint density at radius 1 is 1.10 bits per heavy atom. The number of ether oxygens (including phenoxy) is 2. The van der Waals surface area contributed by atoms with Crippen molar-refractivity contribution in [3.05, 3.63) is 58.5 Å². The molecular formula is C24H26N2O4S. The van der Waals surface area contributed by atoms with Gasteiger partial charge in [-0.3, -0.25) is 9.59 Å². The number of carbonyl (C=O) groups is 2. The second-order valence-corrected chi connectivity index (χ2v) is 8.14. The summed E-state index contributed by atoms with van der Waals surface area (Å²) in [4.78, 5) is 28.3. The molecule has 0 aliphatic carbocycles. The van der Waals surface area contributed by atoms with Crippen LogP contribution in [0, 0.1) is 13.8 Å². The summed E-state index contributed by atoms with van der Waals surface area (Å²) in [6.07, 6.45) is 0.852. The first-order valence-electron chi connectivity index (χ1n) is 10.0. The lowest BCUT2D eigenvalue weighted by Crippen LogP contribution is -2.12. The van der Waals surface area contributed by atoms with E-state index in [2.05, 4.69) is 42.3 Å². The highest BCUT2D eigenvalue weighted by atomic mass is 32.1. The quantitative estimate of drug-likeness (QED) is 0.356. The molecular weight excluding hydrogens is 412 g/mol. The van der Waals surface area contributed by atoms with Crippen LogP contribution >= 0.6 is 11.3 Å². The number of aryl methyl sites for hydroxylation is 2. The molecule has 3 rings (SSSR count).